The van der Waals surface area contributed by atoms with Crippen molar-refractivity contribution >= 4 is 33.6 Å². The summed E-state index contributed by atoms with van der Waals surface area (Å²) < 4.78 is 57.4. The number of para-hydroxylation sites is 1. The van der Waals surface area contributed by atoms with Crippen LogP contribution in [0.25, 0.3) is 0 Å². The predicted octanol–water partition coefficient (Wildman–Crippen LogP) is 5.34. The van der Waals surface area contributed by atoms with Crippen molar-refractivity contribution in [2.45, 2.75) is 24.2 Å². The minimum absolute atomic E-state index is 0.0307. The van der Waals surface area contributed by atoms with Crippen molar-refractivity contribution in [1.82, 2.24) is 0 Å². The molecule has 0 aliphatic rings. The first kappa shape index (κ1) is 23.6. The van der Waals surface area contributed by atoms with Crippen LogP contribution in [0.3, 0.4) is 0 Å². The Balaban J connectivity index is 1.95. The monoisotopic (exact) mass is 479 g/mol. The number of halogens is 2. The van der Waals surface area contributed by atoms with Crippen molar-refractivity contribution in [2.24, 2.45) is 0 Å². The van der Waals surface area contributed by atoms with Crippen molar-refractivity contribution in [3.63, 3.8) is 0 Å². The van der Waals surface area contributed by atoms with E-state index >= 15 is 0 Å². The molecule has 0 aliphatic heterocycles. The second-order valence-electron chi connectivity index (χ2n) is 6.65. The lowest BCUT2D eigenvalue weighted by Crippen LogP contribution is -2.25. The summed E-state index contributed by atoms with van der Waals surface area (Å²) >= 11 is 0.930. The molecule has 0 atom stereocenters. The van der Waals surface area contributed by atoms with Crippen molar-refractivity contribution in [2.75, 3.05) is 3.71 Å². The van der Waals surface area contributed by atoms with Crippen molar-refractivity contribution < 1.29 is 31.8 Å². The van der Waals surface area contributed by atoms with E-state index in [-0.39, 0.29) is 22.0 Å². The van der Waals surface area contributed by atoms with Gasteiger partial charge in [-0.25, -0.2) is 16.9 Å². The van der Waals surface area contributed by atoms with Crippen LogP contribution in [0.1, 0.15) is 21.5 Å². The van der Waals surface area contributed by atoms with Crippen molar-refractivity contribution in [1.29, 1.82) is 0 Å². The molecule has 6 nitrogen and oxygen atoms in total. The summed E-state index contributed by atoms with van der Waals surface area (Å²) in [5.41, 5.74) is 1.25. The van der Waals surface area contributed by atoms with Gasteiger partial charge in [-0.2, -0.15) is 8.78 Å². The fraction of sp³-hybridized carbons (Fsp3) is 0.136. The number of carbonyl (C=O) groups is 1. The molecule has 1 N–H and O–H groups in total. The first-order chi connectivity index (χ1) is 15.2. The van der Waals surface area contributed by atoms with E-state index in [0.29, 0.717) is 16.8 Å². The average molecular weight is 480 g/mol. The lowest BCUT2D eigenvalue weighted by molar-refractivity contribution is -0.0498. The molecule has 3 aromatic carbocycles. The maximum atomic E-state index is 13.4. The van der Waals surface area contributed by atoms with Gasteiger partial charge in [-0.1, -0.05) is 36.4 Å². The molecule has 3 rings (SSSR count). The first-order valence-electron chi connectivity index (χ1n) is 9.29. The van der Waals surface area contributed by atoms with Crippen molar-refractivity contribution in [3.05, 3.63) is 89.5 Å². The maximum absolute atomic E-state index is 13.4. The summed E-state index contributed by atoms with van der Waals surface area (Å²) in [6, 6.07) is 18.2. The van der Waals surface area contributed by atoms with Crippen LogP contribution in [0.15, 0.2) is 77.7 Å². The highest BCUT2D eigenvalue weighted by Gasteiger charge is 2.27. The molecule has 0 aromatic heterocycles. The highest BCUT2D eigenvalue weighted by molar-refractivity contribution is 8.14. The molecule has 0 amide bonds. The van der Waals surface area contributed by atoms with Crippen LogP contribution in [-0.4, -0.2) is 26.1 Å². The molecule has 0 unspecified atom stereocenters. The number of benzene rings is 3. The van der Waals surface area contributed by atoms with Gasteiger partial charge in [-0.05, 0) is 66.4 Å². The van der Waals surface area contributed by atoms with Gasteiger partial charge >= 0.3 is 12.6 Å². The fourth-order valence-corrected chi connectivity index (χ4v) is 5.65. The summed E-state index contributed by atoms with van der Waals surface area (Å²) in [7, 11) is -4.14. The highest BCUT2D eigenvalue weighted by atomic mass is 32.3. The third-order valence-corrected chi connectivity index (χ3v) is 7.70. The molecule has 10 heteroatoms. The molecule has 3 aromatic rings. The Morgan fingerprint density at radius 2 is 1.78 bits per heavy atom. The number of hydrogen-bond donors (Lipinski definition) is 1. The van der Waals surface area contributed by atoms with E-state index in [0.717, 1.165) is 21.7 Å². The molecular weight excluding hydrogens is 460 g/mol. The Hall–Kier alpha value is -3.11. The smallest absolute Gasteiger partial charge is 0.387 e. The van der Waals surface area contributed by atoms with Crippen LogP contribution in [0, 0.1) is 6.92 Å². The number of hydrogen-bond acceptors (Lipinski definition) is 5. The van der Waals surface area contributed by atoms with Gasteiger partial charge in [0.15, 0.2) is 0 Å². The molecule has 0 radical (unpaired) electrons. The van der Waals surface area contributed by atoms with Crippen LogP contribution >= 0.6 is 11.9 Å². The number of aryl methyl sites for hydroxylation is 1. The number of sulfonamides is 1. The van der Waals surface area contributed by atoms with Gasteiger partial charge in [0.1, 0.15) is 5.75 Å². The van der Waals surface area contributed by atoms with E-state index in [4.69, 9.17) is 0 Å². The SMILES string of the molecule is Cc1ccc(S(=O)(=O)N(SCc2cccc(OC(F)F)c2)c2ccccc2)cc1C(=O)O. The van der Waals surface area contributed by atoms with Crippen LogP contribution in [0.2, 0.25) is 0 Å². The molecule has 32 heavy (non-hydrogen) atoms. The number of carboxylic acids is 1. The Morgan fingerprint density at radius 1 is 1.06 bits per heavy atom. The number of carboxylic acid groups (broad SMARTS) is 1. The topological polar surface area (TPSA) is 83.9 Å². The fourth-order valence-electron chi connectivity index (χ4n) is 2.86. The molecule has 0 saturated carbocycles. The van der Waals surface area contributed by atoms with E-state index < -0.39 is 22.6 Å². The largest absolute Gasteiger partial charge is 0.478 e. The molecule has 168 valence electrons. The standard InChI is InChI=1S/C22H19F2NO5S2/c1-15-10-11-19(13-20(15)21(26)27)32(28,29)25(17-7-3-2-4-8-17)31-14-16-6-5-9-18(12-16)30-22(23)24/h2-13,22H,14H2,1H3,(H,26,27). The van der Waals surface area contributed by atoms with Gasteiger partial charge in [0.25, 0.3) is 10.0 Å². The molecule has 0 saturated heterocycles. The number of ether oxygens (including phenoxy) is 1. The summed E-state index contributed by atoms with van der Waals surface area (Å²) in [6.45, 7) is -1.39. The third-order valence-electron chi connectivity index (χ3n) is 4.39. The minimum Gasteiger partial charge on any atom is -0.478 e. The average Bonchev–Trinajstić information content (AvgIpc) is 2.74. The molecule has 0 bridgehead atoms. The Labute approximate surface area is 188 Å². The zero-order chi connectivity index (χ0) is 23.3. The third kappa shape index (κ3) is 5.57. The normalized spacial score (nSPS) is 11.4. The van der Waals surface area contributed by atoms with Gasteiger partial charge in [-0.3, -0.25) is 0 Å². The summed E-state index contributed by atoms with van der Waals surface area (Å²) in [4.78, 5) is 11.3. The number of anilines is 1. The summed E-state index contributed by atoms with van der Waals surface area (Å²) in [6.07, 6.45) is 0. The van der Waals surface area contributed by atoms with E-state index in [1.54, 1.807) is 43.3 Å². The second-order valence-corrected chi connectivity index (χ2v) is 9.58. The summed E-state index contributed by atoms with van der Waals surface area (Å²) in [5.74, 6) is -1.13. The number of nitrogens with zero attached hydrogens (tertiary/aromatic N) is 1. The Kier molecular flexibility index (Phi) is 7.37. The zero-order valence-corrected chi connectivity index (χ0v) is 18.4. The molecule has 0 spiro atoms. The zero-order valence-electron chi connectivity index (χ0n) is 16.8. The maximum Gasteiger partial charge on any atom is 0.387 e. The van der Waals surface area contributed by atoms with Crippen LogP contribution < -0.4 is 8.45 Å². The Bertz CT molecular complexity index is 1200. The number of aromatic carboxylic acids is 1. The second kappa shape index (κ2) is 10.0. The number of rotatable bonds is 9. The van der Waals surface area contributed by atoms with Gasteiger partial charge < -0.3 is 9.84 Å². The molecule has 0 heterocycles. The first-order valence-corrected chi connectivity index (χ1v) is 11.7. The number of alkyl halides is 2. The minimum atomic E-state index is -4.14. The van der Waals surface area contributed by atoms with Gasteiger partial charge in [0.2, 0.25) is 0 Å². The van der Waals surface area contributed by atoms with Gasteiger partial charge in [-0.15, -0.1) is 0 Å². The quantitative estimate of drug-likeness (QED) is 0.417. The highest BCUT2D eigenvalue weighted by Crippen LogP contribution is 2.33. The van der Waals surface area contributed by atoms with Crippen LogP contribution in [0.4, 0.5) is 14.5 Å². The van der Waals surface area contributed by atoms with Crippen LogP contribution in [-0.2, 0) is 15.8 Å². The van der Waals surface area contributed by atoms with Crippen LogP contribution in [0.5, 0.6) is 5.75 Å². The van der Waals surface area contributed by atoms with E-state index in [9.17, 15) is 27.1 Å². The Morgan fingerprint density at radius 3 is 2.44 bits per heavy atom. The summed E-state index contributed by atoms with van der Waals surface area (Å²) in [5, 5.41) is 9.37. The van der Waals surface area contributed by atoms with Crippen molar-refractivity contribution in [3.8, 4) is 5.75 Å². The lowest BCUT2D eigenvalue weighted by atomic mass is 10.1. The molecular formula is C22H19F2NO5S2. The van der Waals surface area contributed by atoms with E-state index in [2.05, 4.69) is 4.74 Å². The predicted molar refractivity (Wildman–Crippen MR) is 119 cm³/mol. The van der Waals surface area contributed by atoms with Gasteiger partial charge in [0.05, 0.1) is 16.1 Å². The van der Waals surface area contributed by atoms with E-state index in [1.165, 1.54) is 30.3 Å². The van der Waals surface area contributed by atoms with Gasteiger partial charge in [0, 0.05) is 5.75 Å². The molecule has 0 fully saturated rings. The van der Waals surface area contributed by atoms with E-state index in [1.807, 2.05) is 0 Å². The lowest BCUT2D eigenvalue weighted by Gasteiger charge is -2.23. The molecule has 0 aliphatic carbocycles.